The van der Waals surface area contributed by atoms with Crippen molar-refractivity contribution in [2.75, 3.05) is 27.1 Å². The highest BCUT2D eigenvalue weighted by Gasteiger charge is 2.14. The molecule has 4 nitrogen and oxygen atoms in total. The molecule has 0 N–H and O–H groups in total. The summed E-state index contributed by atoms with van der Waals surface area (Å²) in [6.07, 6.45) is 0.172. The minimum absolute atomic E-state index is 0.111. The van der Waals surface area contributed by atoms with Gasteiger partial charge in [0.2, 0.25) is 0 Å². The number of rotatable bonds is 8. The van der Waals surface area contributed by atoms with Crippen molar-refractivity contribution in [2.45, 2.75) is 25.1 Å². The molecule has 14 heavy (non-hydrogen) atoms. The number of ketones is 1. The third kappa shape index (κ3) is 6.37. The topological polar surface area (TPSA) is 44.8 Å². The summed E-state index contributed by atoms with van der Waals surface area (Å²) >= 11 is 1.51. The van der Waals surface area contributed by atoms with Crippen molar-refractivity contribution in [1.29, 1.82) is 0 Å². The summed E-state index contributed by atoms with van der Waals surface area (Å²) < 4.78 is 15.2. The quantitative estimate of drug-likeness (QED) is 0.579. The molecule has 0 saturated carbocycles. The molecule has 0 rings (SSSR count). The van der Waals surface area contributed by atoms with Gasteiger partial charge >= 0.3 is 0 Å². The van der Waals surface area contributed by atoms with Crippen molar-refractivity contribution in [2.24, 2.45) is 0 Å². The van der Waals surface area contributed by atoms with Gasteiger partial charge in [-0.3, -0.25) is 4.79 Å². The Morgan fingerprint density at radius 2 is 1.79 bits per heavy atom. The number of Topliss-reactive ketones (excluding diaryl/α,β-unsaturated/α-hetero) is 1. The minimum Gasteiger partial charge on any atom is -0.370 e. The molecule has 0 aromatic heterocycles. The van der Waals surface area contributed by atoms with Crippen LogP contribution < -0.4 is 0 Å². The molecule has 1 atom stereocenters. The summed E-state index contributed by atoms with van der Waals surface area (Å²) in [4.78, 5) is 10.8. The van der Waals surface area contributed by atoms with Crippen LogP contribution in [0.1, 0.15) is 13.3 Å². The van der Waals surface area contributed by atoms with E-state index in [1.165, 1.54) is 11.8 Å². The molecule has 0 aliphatic rings. The van der Waals surface area contributed by atoms with Gasteiger partial charge in [0.05, 0.1) is 0 Å². The molecule has 1 unspecified atom stereocenters. The van der Waals surface area contributed by atoms with Crippen LogP contribution in [0.25, 0.3) is 0 Å². The largest absolute Gasteiger partial charge is 0.370 e. The van der Waals surface area contributed by atoms with Crippen LogP contribution in [0, 0.1) is 0 Å². The van der Waals surface area contributed by atoms with E-state index in [4.69, 9.17) is 14.2 Å². The van der Waals surface area contributed by atoms with Gasteiger partial charge in [-0.15, -0.1) is 11.8 Å². The highest BCUT2D eigenvalue weighted by atomic mass is 32.2. The van der Waals surface area contributed by atoms with E-state index in [-0.39, 0.29) is 17.5 Å². The monoisotopic (exact) mass is 222 g/mol. The summed E-state index contributed by atoms with van der Waals surface area (Å²) in [5.41, 5.74) is -0.111. The Morgan fingerprint density at radius 3 is 2.14 bits per heavy atom. The fourth-order valence-electron chi connectivity index (χ4n) is 0.863. The number of hydrogen-bond acceptors (Lipinski definition) is 5. The summed E-state index contributed by atoms with van der Waals surface area (Å²) in [6, 6.07) is 0. The van der Waals surface area contributed by atoms with Crippen LogP contribution in [0.5, 0.6) is 0 Å². The lowest BCUT2D eigenvalue weighted by atomic mass is 10.3. The smallest absolute Gasteiger partial charge is 0.165 e. The van der Waals surface area contributed by atoms with Crippen molar-refractivity contribution in [3.05, 3.63) is 0 Å². The third-order valence-electron chi connectivity index (χ3n) is 1.66. The van der Waals surface area contributed by atoms with E-state index in [9.17, 15) is 4.79 Å². The predicted octanol–water partition coefficient (Wildman–Crippen LogP) is 1.29. The molecule has 5 heteroatoms. The zero-order valence-electron chi connectivity index (χ0n) is 9.11. The number of carbonyl (C=O) groups excluding carboxylic acids is 1. The van der Waals surface area contributed by atoms with Gasteiger partial charge in [-0.2, -0.15) is 0 Å². The van der Waals surface area contributed by atoms with Gasteiger partial charge < -0.3 is 14.2 Å². The molecule has 0 aromatic rings. The third-order valence-corrected chi connectivity index (χ3v) is 2.86. The van der Waals surface area contributed by atoms with Crippen LogP contribution >= 0.6 is 11.8 Å². The van der Waals surface area contributed by atoms with Gasteiger partial charge in [0.25, 0.3) is 0 Å². The zero-order valence-corrected chi connectivity index (χ0v) is 9.93. The van der Waals surface area contributed by atoms with Crippen molar-refractivity contribution in [3.8, 4) is 0 Å². The molecule has 0 radical (unpaired) electrons. The Kier molecular flexibility index (Phi) is 8.17. The number of thioether (sulfide) groups is 1. The molecular formula is C9H18O4S. The maximum atomic E-state index is 10.8. The highest BCUT2D eigenvalue weighted by Crippen LogP contribution is 2.17. The fourth-order valence-corrected chi connectivity index (χ4v) is 2.00. The maximum absolute atomic E-state index is 10.8. The van der Waals surface area contributed by atoms with Crippen LogP contribution in [0.4, 0.5) is 0 Å². The number of ether oxygens (including phenoxy) is 3. The lowest BCUT2D eigenvalue weighted by molar-refractivity contribution is -0.118. The first-order valence-electron chi connectivity index (χ1n) is 4.33. The van der Waals surface area contributed by atoms with E-state index < -0.39 is 0 Å². The Bertz CT molecular complexity index is 159. The van der Waals surface area contributed by atoms with E-state index in [0.29, 0.717) is 12.2 Å². The van der Waals surface area contributed by atoms with E-state index >= 15 is 0 Å². The SMILES string of the molecule is COC(CSC(CC(C)=O)OC)OC. The molecule has 0 spiro atoms. The molecule has 0 bridgehead atoms. The fraction of sp³-hybridized carbons (Fsp3) is 0.889. The minimum atomic E-state index is -0.246. The highest BCUT2D eigenvalue weighted by molar-refractivity contribution is 7.99. The molecular weight excluding hydrogens is 204 g/mol. The number of methoxy groups -OCH3 is 3. The van der Waals surface area contributed by atoms with Crippen LogP contribution in [0.2, 0.25) is 0 Å². The van der Waals surface area contributed by atoms with Crippen LogP contribution in [0.15, 0.2) is 0 Å². The van der Waals surface area contributed by atoms with E-state index in [1.54, 1.807) is 28.3 Å². The lowest BCUT2D eigenvalue weighted by Gasteiger charge is -2.17. The second kappa shape index (κ2) is 8.23. The van der Waals surface area contributed by atoms with Gasteiger partial charge in [-0.05, 0) is 6.92 Å². The van der Waals surface area contributed by atoms with Crippen LogP contribution in [-0.2, 0) is 19.0 Å². The lowest BCUT2D eigenvalue weighted by Crippen LogP contribution is -2.20. The second-order valence-corrected chi connectivity index (χ2v) is 4.00. The van der Waals surface area contributed by atoms with Crippen LogP contribution in [-0.4, -0.2) is 44.6 Å². The van der Waals surface area contributed by atoms with E-state index in [1.807, 2.05) is 0 Å². The second-order valence-electron chi connectivity index (χ2n) is 2.81. The molecule has 0 aliphatic carbocycles. The average Bonchev–Trinajstić information content (AvgIpc) is 2.17. The summed E-state index contributed by atoms with van der Waals surface area (Å²) in [5, 5.41) is 0. The Labute approximate surface area is 89.3 Å². The first-order valence-corrected chi connectivity index (χ1v) is 5.38. The summed E-state index contributed by atoms with van der Waals surface area (Å²) in [5.74, 6) is 0.773. The first-order chi connectivity index (χ1) is 6.63. The van der Waals surface area contributed by atoms with E-state index in [2.05, 4.69) is 0 Å². The molecule has 0 aliphatic heterocycles. The van der Waals surface area contributed by atoms with Gasteiger partial charge in [-0.1, -0.05) is 0 Å². The molecule has 84 valence electrons. The van der Waals surface area contributed by atoms with Crippen molar-refractivity contribution in [1.82, 2.24) is 0 Å². The summed E-state index contributed by atoms with van der Waals surface area (Å²) in [7, 11) is 4.76. The van der Waals surface area contributed by atoms with Gasteiger partial charge in [0.1, 0.15) is 11.2 Å². The standard InChI is InChI=1S/C9H18O4S/c1-7(10)5-9(13-4)14-6-8(11-2)12-3/h8-9H,5-6H2,1-4H3. The molecule has 0 saturated heterocycles. The Morgan fingerprint density at radius 1 is 1.21 bits per heavy atom. The predicted molar refractivity (Wildman–Crippen MR) is 56.4 cm³/mol. The Hall–Kier alpha value is -0.100. The average molecular weight is 222 g/mol. The molecule has 0 heterocycles. The van der Waals surface area contributed by atoms with Gasteiger partial charge in [0.15, 0.2) is 6.29 Å². The number of carbonyl (C=O) groups is 1. The molecule has 0 aromatic carbocycles. The zero-order chi connectivity index (χ0) is 11.0. The van der Waals surface area contributed by atoms with Crippen molar-refractivity contribution >= 4 is 17.5 Å². The molecule has 0 fully saturated rings. The van der Waals surface area contributed by atoms with Crippen molar-refractivity contribution in [3.63, 3.8) is 0 Å². The molecule has 0 amide bonds. The number of hydrogen-bond donors (Lipinski definition) is 0. The van der Waals surface area contributed by atoms with Gasteiger partial charge in [0, 0.05) is 33.5 Å². The van der Waals surface area contributed by atoms with E-state index in [0.717, 1.165) is 0 Å². The first kappa shape index (κ1) is 13.9. The normalized spacial score (nSPS) is 13.2. The van der Waals surface area contributed by atoms with Gasteiger partial charge in [-0.25, -0.2) is 0 Å². The maximum Gasteiger partial charge on any atom is 0.165 e. The van der Waals surface area contributed by atoms with Crippen LogP contribution in [0.3, 0.4) is 0 Å². The summed E-state index contributed by atoms with van der Waals surface area (Å²) in [6.45, 7) is 1.55. The van der Waals surface area contributed by atoms with Crippen molar-refractivity contribution < 1.29 is 19.0 Å². The Balaban J connectivity index is 3.76.